The van der Waals surface area contributed by atoms with E-state index in [0.29, 0.717) is 40.2 Å². The molecule has 7 nitrogen and oxygen atoms in total. The summed E-state index contributed by atoms with van der Waals surface area (Å²) in [6.45, 7) is 0.481. The van der Waals surface area contributed by atoms with Crippen molar-refractivity contribution < 1.29 is 14.3 Å². The molecule has 0 bridgehead atoms. The fourth-order valence-corrected chi connectivity index (χ4v) is 4.00. The van der Waals surface area contributed by atoms with Gasteiger partial charge in [0, 0.05) is 25.2 Å². The van der Waals surface area contributed by atoms with Crippen LogP contribution in [0.2, 0.25) is 0 Å². The van der Waals surface area contributed by atoms with E-state index in [2.05, 4.69) is 4.98 Å². The van der Waals surface area contributed by atoms with Gasteiger partial charge in [0.15, 0.2) is 16.3 Å². The van der Waals surface area contributed by atoms with E-state index in [9.17, 15) is 9.59 Å². The zero-order chi connectivity index (χ0) is 23.5. The zero-order valence-electron chi connectivity index (χ0n) is 18.5. The molecule has 4 rings (SSSR count). The second-order valence-corrected chi connectivity index (χ2v) is 7.90. The average molecular weight is 462 g/mol. The Balaban J connectivity index is 1.71. The molecular weight excluding hydrogens is 438 g/mol. The second-order valence-electron chi connectivity index (χ2n) is 7.52. The minimum Gasteiger partial charge on any atom is -0.493 e. The van der Waals surface area contributed by atoms with Crippen LogP contribution in [0.25, 0.3) is 16.6 Å². The van der Waals surface area contributed by atoms with E-state index in [1.807, 2.05) is 30.3 Å². The Morgan fingerprint density at radius 3 is 2.42 bits per heavy atom. The van der Waals surface area contributed by atoms with Crippen molar-refractivity contribution in [3.05, 3.63) is 93.0 Å². The largest absolute Gasteiger partial charge is 0.493 e. The van der Waals surface area contributed by atoms with Gasteiger partial charge in [0.05, 0.1) is 30.8 Å². The molecule has 0 spiro atoms. The van der Waals surface area contributed by atoms with E-state index in [0.717, 1.165) is 5.56 Å². The van der Waals surface area contributed by atoms with Gasteiger partial charge in [-0.2, -0.15) is 0 Å². The van der Waals surface area contributed by atoms with Crippen molar-refractivity contribution in [1.82, 2.24) is 14.5 Å². The SMILES string of the molecule is COc1ccc(-n2c(=S)[nH]c3cc(C(=O)N(C)Cc4ccccc4)ccc3c2=O)cc1OC. The molecule has 1 aromatic heterocycles. The molecule has 0 saturated carbocycles. The second kappa shape index (κ2) is 9.30. The van der Waals surface area contributed by atoms with Gasteiger partial charge in [-0.25, -0.2) is 0 Å². The first kappa shape index (κ1) is 22.3. The number of benzene rings is 3. The lowest BCUT2D eigenvalue weighted by Crippen LogP contribution is -2.26. The van der Waals surface area contributed by atoms with Gasteiger partial charge in [0.1, 0.15) is 0 Å². The third-order valence-corrected chi connectivity index (χ3v) is 5.66. The Labute approximate surface area is 195 Å². The van der Waals surface area contributed by atoms with Gasteiger partial charge in [-0.05, 0) is 48.1 Å². The van der Waals surface area contributed by atoms with Crippen LogP contribution >= 0.6 is 12.2 Å². The molecule has 0 radical (unpaired) electrons. The number of carbonyl (C=O) groups is 1. The zero-order valence-corrected chi connectivity index (χ0v) is 19.3. The van der Waals surface area contributed by atoms with Crippen LogP contribution in [0.3, 0.4) is 0 Å². The number of H-pyrrole nitrogens is 1. The number of nitrogens with one attached hydrogen (secondary N) is 1. The molecule has 0 fully saturated rings. The van der Waals surface area contributed by atoms with E-state index in [4.69, 9.17) is 21.7 Å². The van der Waals surface area contributed by atoms with Crippen LogP contribution in [-0.2, 0) is 6.54 Å². The first-order valence-corrected chi connectivity index (χ1v) is 10.6. The van der Waals surface area contributed by atoms with Crippen molar-refractivity contribution in [3.63, 3.8) is 0 Å². The van der Waals surface area contributed by atoms with E-state index >= 15 is 0 Å². The Bertz CT molecular complexity index is 1440. The lowest BCUT2D eigenvalue weighted by Gasteiger charge is -2.18. The van der Waals surface area contributed by atoms with Crippen LogP contribution in [0.15, 0.2) is 71.5 Å². The van der Waals surface area contributed by atoms with E-state index < -0.39 is 0 Å². The minimum atomic E-state index is -0.294. The van der Waals surface area contributed by atoms with E-state index in [1.165, 1.54) is 11.7 Å². The molecular formula is C25H23N3O4S. The molecule has 8 heteroatoms. The molecule has 1 N–H and O–H groups in total. The van der Waals surface area contributed by atoms with Crippen molar-refractivity contribution in [2.45, 2.75) is 6.54 Å². The Hall–Kier alpha value is -3.91. The summed E-state index contributed by atoms with van der Waals surface area (Å²) in [6, 6.07) is 19.8. The van der Waals surface area contributed by atoms with Crippen LogP contribution in [0.4, 0.5) is 0 Å². The highest BCUT2D eigenvalue weighted by molar-refractivity contribution is 7.71. The topological polar surface area (TPSA) is 76.6 Å². The molecule has 0 aliphatic carbocycles. The number of hydrogen-bond acceptors (Lipinski definition) is 5. The van der Waals surface area contributed by atoms with Gasteiger partial charge in [-0.1, -0.05) is 30.3 Å². The molecule has 0 aliphatic heterocycles. The van der Waals surface area contributed by atoms with Gasteiger partial charge in [0.25, 0.3) is 11.5 Å². The number of amides is 1. The number of rotatable bonds is 6. The van der Waals surface area contributed by atoms with E-state index in [-0.39, 0.29) is 16.2 Å². The molecule has 1 heterocycles. The maximum absolute atomic E-state index is 13.3. The molecule has 0 unspecified atom stereocenters. The Kier molecular flexibility index (Phi) is 6.28. The number of methoxy groups -OCH3 is 2. The van der Waals surface area contributed by atoms with Crippen molar-refractivity contribution in [1.29, 1.82) is 0 Å². The highest BCUT2D eigenvalue weighted by Crippen LogP contribution is 2.29. The minimum absolute atomic E-state index is 0.149. The molecule has 4 aromatic rings. The lowest BCUT2D eigenvalue weighted by atomic mass is 10.1. The van der Waals surface area contributed by atoms with Gasteiger partial charge >= 0.3 is 0 Å². The first-order chi connectivity index (χ1) is 15.9. The van der Waals surface area contributed by atoms with Crippen molar-refractivity contribution in [2.24, 2.45) is 0 Å². The summed E-state index contributed by atoms with van der Waals surface area (Å²) < 4.78 is 12.2. The Morgan fingerprint density at radius 2 is 1.73 bits per heavy atom. The van der Waals surface area contributed by atoms with Crippen LogP contribution in [0.1, 0.15) is 15.9 Å². The normalized spacial score (nSPS) is 10.8. The summed E-state index contributed by atoms with van der Waals surface area (Å²) >= 11 is 5.48. The number of aromatic nitrogens is 2. The highest BCUT2D eigenvalue weighted by Gasteiger charge is 2.16. The maximum Gasteiger partial charge on any atom is 0.266 e. The summed E-state index contributed by atoms with van der Waals surface area (Å²) in [5.41, 5.74) is 2.25. The molecule has 0 atom stereocenters. The summed E-state index contributed by atoms with van der Waals surface area (Å²) in [6.07, 6.45) is 0. The van der Waals surface area contributed by atoms with Crippen LogP contribution in [-0.4, -0.2) is 41.6 Å². The van der Waals surface area contributed by atoms with E-state index in [1.54, 1.807) is 55.5 Å². The van der Waals surface area contributed by atoms with Crippen LogP contribution in [0.5, 0.6) is 11.5 Å². The predicted octanol–water partition coefficient (Wildman–Crippen LogP) is 4.34. The first-order valence-electron chi connectivity index (χ1n) is 10.2. The molecule has 0 aliphatic rings. The van der Waals surface area contributed by atoms with Crippen molar-refractivity contribution in [3.8, 4) is 17.2 Å². The molecule has 1 amide bonds. The highest BCUT2D eigenvalue weighted by atomic mass is 32.1. The van der Waals surface area contributed by atoms with Gasteiger partial charge in [-0.3, -0.25) is 14.2 Å². The quantitative estimate of drug-likeness (QED) is 0.433. The predicted molar refractivity (Wildman–Crippen MR) is 130 cm³/mol. The monoisotopic (exact) mass is 461 g/mol. The fraction of sp³-hybridized carbons (Fsp3) is 0.160. The van der Waals surface area contributed by atoms with Crippen molar-refractivity contribution in [2.75, 3.05) is 21.3 Å². The smallest absolute Gasteiger partial charge is 0.266 e. The summed E-state index contributed by atoms with van der Waals surface area (Å²) in [7, 11) is 4.82. The van der Waals surface area contributed by atoms with Gasteiger partial charge in [0.2, 0.25) is 0 Å². The average Bonchev–Trinajstić information content (AvgIpc) is 2.83. The van der Waals surface area contributed by atoms with Gasteiger partial charge < -0.3 is 19.4 Å². The number of nitrogens with zero attached hydrogens (tertiary/aromatic N) is 2. The number of ether oxygens (including phenoxy) is 2. The maximum atomic E-state index is 13.3. The van der Waals surface area contributed by atoms with Crippen LogP contribution < -0.4 is 15.0 Å². The fourth-order valence-electron chi connectivity index (χ4n) is 3.70. The summed E-state index contributed by atoms with van der Waals surface area (Å²) in [5.74, 6) is 0.885. The standard InChI is InChI=1S/C25H23N3O4S/c1-27(15-16-7-5-4-6-8-16)23(29)17-9-11-19-20(13-17)26-25(33)28(24(19)30)18-10-12-21(31-2)22(14-18)32-3/h4-14H,15H2,1-3H3,(H,26,33). The molecule has 0 saturated heterocycles. The van der Waals surface area contributed by atoms with Crippen molar-refractivity contribution >= 4 is 29.0 Å². The number of carbonyl (C=O) groups excluding carboxylic acids is 1. The third-order valence-electron chi connectivity index (χ3n) is 5.38. The van der Waals surface area contributed by atoms with Gasteiger partial charge in [-0.15, -0.1) is 0 Å². The molecule has 168 valence electrons. The third kappa shape index (κ3) is 4.38. The number of aromatic amines is 1. The Morgan fingerprint density at radius 1 is 1.00 bits per heavy atom. The summed E-state index contributed by atoms with van der Waals surface area (Å²) in [5, 5.41) is 0.417. The summed E-state index contributed by atoms with van der Waals surface area (Å²) in [4.78, 5) is 30.9. The number of fused-ring (bicyclic) bond motifs is 1. The molecule has 33 heavy (non-hydrogen) atoms. The lowest BCUT2D eigenvalue weighted by molar-refractivity contribution is 0.0785. The van der Waals surface area contributed by atoms with Crippen LogP contribution in [0, 0.1) is 4.77 Å². The number of hydrogen-bond donors (Lipinski definition) is 1. The molecule has 3 aromatic carbocycles.